The van der Waals surface area contributed by atoms with Crippen LogP contribution in [0.15, 0.2) is 11.6 Å². The van der Waals surface area contributed by atoms with Crippen molar-refractivity contribution < 1.29 is 14.3 Å². The molecule has 0 aromatic rings. The molecule has 0 aromatic heterocycles. The molecule has 1 aliphatic carbocycles. The highest BCUT2D eigenvalue weighted by molar-refractivity contribution is 5.81. The van der Waals surface area contributed by atoms with Gasteiger partial charge in [-0.25, -0.2) is 0 Å². The van der Waals surface area contributed by atoms with E-state index in [1.807, 2.05) is 4.90 Å². The number of ether oxygens (including phenoxy) is 1. The van der Waals surface area contributed by atoms with E-state index >= 15 is 0 Å². The maximum absolute atomic E-state index is 12.1. The van der Waals surface area contributed by atoms with Gasteiger partial charge in [-0.1, -0.05) is 11.6 Å². The molecule has 1 atom stereocenters. The van der Waals surface area contributed by atoms with Crippen molar-refractivity contribution >= 4 is 11.9 Å². The van der Waals surface area contributed by atoms with Crippen molar-refractivity contribution in [3.8, 4) is 0 Å². The van der Waals surface area contributed by atoms with Crippen molar-refractivity contribution in [3.63, 3.8) is 0 Å². The van der Waals surface area contributed by atoms with Gasteiger partial charge in [-0.3, -0.25) is 9.59 Å². The summed E-state index contributed by atoms with van der Waals surface area (Å²) < 4.78 is 4.84. The Balaban J connectivity index is 1.80. The fourth-order valence-corrected chi connectivity index (χ4v) is 2.95. The van der Waals surface area contributed by atoms with E-state index < -0.39 is 0 Å². The second kappa shape index (κ2) is 6.73. The smallest absolute Gasteiger partial charge is 0.306 e. The van der Waals surface area contributed by atoms with Crippen LogP contribution in [0.3, 0.4) is 0 Å². The summed E-state index contributed by atoms with van der Waals surface area (Å²) in [5, 5.41) is 0. The first-order valence-corrected chi connectivity index (χ1v) is 7.33. The van der Waals surface area contributed by atoms with Gasteiger partial charge in [-0.05, 0) is 38.5 Å². The molecule has 1 heterocycles. The van der Waals surface area contributed by atoms with E-state index in [1.54, 1.807) is 6.92 Å². The number of esters is 1. The Morgan fingerprint density at radius 2 is 2.21 bits per heavy atom. The van der Waals surface area contributed by atoms with Crippen LogP contribution in [0.1, 0.15) is 45.4 Å². The van der Waals surface area contributed by atoms with E-state index in [-0.39, 0.29) is 24.7 Å². The summed E-state index contributed by atoms with van der Waals surface area (Å²) in [5.74, 6) is 0.503. The lowest BCUT2D eigenvalue weighted by Gasteiger charge is -2.36. The maximum Gasteiger partial charge on any atom is 0.306 e. The topological polar surface area (TPSA) is 46.6 Å². The van der Waals surface area contributed by atoms with Gasteiger partial charge in [0.1, 0.15) is 0 Å². The van der Waals surface area contributed by atoms with E-state index in [4.69, 9.17) is 4.74 Å². The number of fused-ring (bicyclic) bond motifs is 1. The quantitative estimate of drug-likeness (QED) is 0.579. The van der Waals surface area contributed by atoms with E-state index in [0.717, 1.165) is 25.9 Å². The molecule has 1 fully saturated rings. The third-order valence-corrected chi connectivity index (χ3v) is 4.01. The molecule has 19 heavy (non-hydrogen) atoms. The highest BCUT2D eigenvalue weighted by Gasteiger charge is 2.27. The second-order valence-electron chi connectivity index (χ2n) is 5.32. The van der Waals surface area contributed by atoms with Crippen LogP contribution in [0.2, 0.25) is 0 Å². The Labute approximate surface area is 114 Å². The summed E-state index contributed by atoms with van der Waals surface area (Å²) in [7, 11) is 0. The lowest BCUT2D eigenvalue weighted by Crippen LogP contribution is -2.40. The second-order valence-corrected chi connectivity index (χ2v) is 5.32. The van der Waals surface area contributed by atoms with Gasteiger partial charge < -0.3 is 9.64 Å². The molecule has 1 aliphatic heterocycles. The number of carbonyl (C=O) groups is 2. The number of carbonyl (C=O) groups excluding carboxylic acids is 2. The third kappa shape index (κ3) is 3.82. The van der Waals surface area contributed by atoms with Crippen LogP contribution >= 0.6 is 0 Å². The van der Waals surface area contributed by atoms with Crippen molar-refractivity contribution in [1.82, 2.24) is 4.90 Å². The van der Waals surface area contributed by atoms with Crippen molar-refractivity contribution in [2.75, 3.05) is 19.7 Å². The Hall–Kier alpha value is -1.32. The number of likely N-dealkylation sites (tertiary alicyclic amines) is 1. The van der Waals surface area contributed by atoms with Crippen LogP contribution < -0.4 is 0 Å². The molecular weight excluding hydrogens is 242 g/mol. The van der Waals surface area contributed by atoms with E-state index in [9.17, 15) is 9.59 Å². The Morgan fingerprint density at radius 1 is 1.37 bits per heavy atom. The van der Waals surface area contributed by atoms with Gasteiger partial charge in [0.25, 0.3) is 0 Å². The average Bonchev–Trinajstić information content (AvgIpc) is 2.44. The van der Waals surface area contributed by atoms with E-state index in [1.165, 1.54) is 18.4 Å². The first kappa shape index (κ1) is 14.1. The van der Waals surface area contributed by atoms with Gasteiger partial charge in [0, 0.05) is 19.5 Å². The van der Waals surface area contributed by atoms with E-state index in [2.05, 4.69) is 6.08 Å². The van der Waals surface area contributed by atoms with Crippen LogP contribution in [0.5, 0.6) is 0 Å². The summed E-state index contributed by atoms with van der Waals surface area (Å²) in [4.78, 5) is 25.2. The Kier molecular flexibility index (Phi) is 5.00. The molecular formula is C15H23NO3. The molecule has 1 saturated heterocycles. The minimum atomic E-state index is -0.275. The Bertz CT molecular complexity index is 376. The fraction of sp³-hybridized carbons (Fsp3) is 0.733. The summed E-state index contributed by atoms with van der Waals surface area (Å²) in [6.45, 7) is 3.77. The predicted molar refractivity (Wildman–Crippen MR) is 72.5 cm³/mol. The van der Waals surface area contributed by atoms with Gasteiger partial charge in [0.2, 0.25) is 5.91 Å². The standard InChI is InChI=1S/C15H23NO3/c1-2-19-15(18)8-7-14(17)16-10-9-12-5-3-4-6-13(12)11-16/h6,12H,2-5,7-11H2,1H3. The van der Waals surface area contributed by atoms with Gasteiger partial charge in [-0.15, -0.1) is 0 Å². The average molecular weight is 265 g/mol. The number of piperidine rings is 1. The molecule has 4 nitrogen and oxygen atoms in total. The zero-order valence-corrected chi connectivity index (χ0v) is 11.7. The van der Waals surface area contributed by atoms with Crippen molar-refractivity contribution in [2.24, 2.45) is 5.92 Å². The largest absolute Gasteiger partial charge is 0.466 e. The van der Waals surface area contributed by atoms with Crippen molar-refractivity contribution in [1.29, 1.82) is 0 Å². The van der Waals surface area contributed by atoms with Crippen LogP contribution in [-0.4, -0.2) is 36.5 Å². The molecule has 2 rings (SSSR count). The lowest BCUT2D eigenvalue weighted by atomic mass is 9.82. The van der Waals surface area contributed by atoms with Gasteiger partial charge in [-0.2, -0.15) is 0 Å². The SMILES string of the molecule is CCOC(=O)CCC(=O)N1CCC2CCCC=C2C1. The van der Waals surface area contributed by atoms with Crippen LogP contribution in [0.25, 0.3) is 0 Å². The minimum absolute atomic E-state index is 0.0815. The first-order chi connectivity index (χ1) is 9.20. The number of amides is 1. The molecule has 0 bridgehead atoms. The third-order valence-electron chi connectivity index (χ3n) is 4.01. The van der Waals surface area contributed by atoms with Gasteiger partial charge in [0.15, 0.2) is 0 Å². The zero-order valence-electron chi connectivity index (χ0n) is 11.7. The molecule has 2 aliphatic rings. The Morgan fingerprint density at radius 3 is 3.00 bits per heavy atom. The number of nitrogens with zero attached hydrogens (tertiary/aromatic N) is 1. The van der Waals surface area contributed by atoms with Crippen LogP contribution in [-0.2, 0) is 14.3 Å². The molecule has 0 aromatic carbocycles. The molecule has 0 radical (unpaired) electrons. The minimum Gasteiger partial charge on any atom is -0.466 e. The highest BCUT2D eigenvalue weighted by Crippen LogP contribution is 2.32. The van der Waals surface area contributed by atoms with Gasteiger partial charge in [0.05, 0.1) is 13.0 Å². The number of hydrogen-bond donors (Lipinski definition) is 0. The van der Waals surface area contributed by atoms with E-state index in [0.29, 0.717) is 12.5 Å². The predicted octanol–water partition coefficient (Wildman–Crippen LogP) is 2.29. The zero-order chi connectivity index (χ0) is 13.7. The molecule has 1 unspecified atom stereocenters. The number of allylic oxidation sites excluding steroid dienone is 1. The van der Waals surface area contributed by atoms with Crippen molar-refractivity contribution in [2.45, 2.75) is 45.4 Å². The van der Waals surface area contributed by atoms with Crippen molar-refractivity contribution in [3.05, 3.63) is 11.6 Å². The van der Waals surface area contributed by atoms with Gasteiger partial charge >= 0.3 is 5.97 Å². The molecule has 0 N–H and O–H groups in total. The number of hydrogen-bond acceptors (Lipinski definition) is 3. The van der Waals surface area contributed by atoms with Crippen LogP contribution in [0.4, 0.5) is 0 Å². The molecule has 4 heteroatoms. The highest BCUT2D eigenvalue weighted by atomic mass is 16.5. The molecule has 1 amide bonds. The first-order valence-electron chi connectivity index (χ1n) is 7.33. The molecule has 0 saturated carbocycles. The maximum atomic E-state index is 12.1. The van der Waals surface area contributed by atoms with Crippen LogP contribution in [0, 0.1) is 5.92 Å². The fourth-order valence-electron chi connectivity index (χ4n) is 2.95. The number of rotatable bonds is 4. The molecule has 106 valence electrons. The monoisotopic (exact) mass is 265 g/mol. The normalized spacial score (nSPS) is 22.5. The summed E-state index contributed by atoms with van der Waals surface area (Å²) in [6, 6.07) is 0. The molecule has 0 spiro atoms. The summed E-state index contributed by atoms with van der Waals surface area (Å²) in [5.41, 5.74) is 1.43. The summed E-state index contributed by atoms with van der Waals surface area (Å²) in [6.07, 6.45) is 7.57. The summed E-state index contributed by atoms with van der Waals surface area (Å²) >= 11 is 0. The lowest BCUT2D eigenvalue weighted by molar-refractivity contribution is -0.145.